The fraction of sp³-hybridized carbons (Fsp3) is 0.769. The molecule has 3 atom stereocenters. The van der Waals surface area contributed by atoms with Crippen molar-refractivity contribution in [3.8, 4) is 0 Å². The van der Waals surface area contributed by atoms with Gasteiger partial charge in [-0.1, -0.05) is 0 Å². The maximum atomic E-state index is 5.55. The smallest absolute Gasteiger partial charge is 0.211 e. The third kappa shape index (κ3) is 3.07. The Labute approximate surface area is 103 Å². The lowest BCUT2D eigenvalue weighted by Crippen LogP contribution is -2.46. The van der Waals surface area contributed by atoms with Crippen molar-refractivity contribution >= 4 is 0 Å². The van der Waals surface area contributed by atoms with Crippen LogP contribution in [0.1, 0.15) is 44.4 Å². The van der Waals surface area contributed by atoms with Gasteiger partial charge in [-0.25, -0.2) is 4.98 Å². The first-order valence-corrected chi connectivity index (χ1v) is 6.45. The predicted octanol–water partition coefficient (Wildman–Crippen LogP) is 2.12. The van der Waals surface area contributed by atoms with E-state index in [1.165, 1.54) is 12.8 Å². The number of piperidine rings is 1. The molecule has 17 heavy (non-hydrogen) atoms. The van der Waals surface area contributed by atoms with Gasteiger partial charge in [0.1, 0.15) is 5.76 Å². The normalized spacial score (nSPS) is 28.2. The van der Waals surface area contributed by atoms with Crippen LogP contribution in [0.15, 0.2) is 10.6 Å². The molecule has 0 radical (unpaired) electrons. The number of oxazole rings is 1. The maximum absolute atomic E-state index is 5.55. The average molecular weight is 237 g/mol. The highest BCUT2D eigenvalue weighted by molar-refractivity contribution is 4.96. The van der Waals surface area contributed by atoms with Gasteiger partial charge in [0.2, 0.25) is 5.89 Å². The lowest BCUT2D eigenvalue weighted by Gasteiger charge is -2.36. The Kier molecular flexibility index (Phi) is 3.84. The molecule has 0 aromatic carbocycles. The molecule has 0 spiro atoms. The maximum Gasteiger partial charge on any atom is 0.211 e. The van der Waals surface area contributed by atoms with Crippen molar-refractivity contribution in [1.29, 1.82) is 0 Å². The summed E-state index contributed by atoms with van der Waals surface area (Å²) in [6.07, 6.45) is 4.18. The zero-order chi connectivity index (χ0) is 12.4. The summed E-state index contributed by atoms with van der Waals surface area (Å²) in [5.41, 5.74) is 0. The number of rotatable bonds is 3. The van der Waals surface area contributed by atoms with E-state index in [1.807, 2.05) is 6.92 Å². The van der Waals surface area contributed by atoms with Crippen LogP contribution >= 0.6 is 0 Å². The highest BCUT2D eigenvalue weighted by Crippen LogP contribution is 2.19. The Bertz CT molecular complexity index is 363. The molecule has 96 valence electrons. The number of nitrogens with zero attached hydrogens (tertiary/aromatic N) is 2. The third-order valence-electron chi connectivity index (χ3n) is 3.70. The summed E-state index contributed by atoms with van der Waals surface area (Å²) in [6, 6.07) is 1.42. The van der Waals surface area contributed by atoms with E-state index in [0.29, 0.717) is 12.1 Å². The fourth-order valence-electron chi connectivity index (χ4n) is 2.44. The Morgan fingerprint density at radius 3 is 2.94 bits per heavy atom. The molecule has 4 heteroatoms. The van der Waals surface area contributed by atoms with Gasteiger partial charge >= 0.3 is 0 Å². The van der Waals surface area contributed by atoms with Crippen molar-refractivity contribution in [2.24, 2.45) is 0 Å². The summed E-state index contributed by atoms with van der Waals surface area (Å²) in [6.45, 7) is 7.50. The van der Waals surface area contributed by atoms with Gasteiger partial charge in [-0.05, 0) is 47.2 Å². The van der Waals surface area contributed by atoms with Gasteiger partial charge in [0.25, 0.3) is 0 Å². The molecule has 0 bridgehead atoms. The van der Waals surface area contributed by atoms with E-state index in [0.717, 1.165) is 18.2 Å². The van der Waals surface area contributed by atoms with Crippen molar-refractivity contribution in [2.45, 2.75) is 51.7 Å². The van der Waals surface area contributed by atoms with Crippen molar-refractivity contribution in [1.82, 2.24) is 15.2 Å². The van der Waals surface area contributed by atoms with E-state index in [1.54, 1.807) is 6.20 Å². The molecule has 3 unspecified atom stereocenters. The zero-order valence-electron chi connectivity index (χ0n) is 11.2. The van der Waals surface area contributed by atoms with Gasteiger partial charge in [-0.3, -0.25) is 0 Å². The highest BCUT2D eigenvalue weighted by Gasteiger charge is 2.24. The molecule has 1 aromatic rings. The minimum atomic E-state index is 0.198. The molecule has 2 rings (SSSR count). The predicted molar refractivity (Wildman–Crippen MR) is 67.9 cm³/mol. The first-order chi connectivity index (χ1) is 8.06. The van der Waals surface area contributed by atoms with Crippen LogP contribution in [0.25, 0.3) is 0 Å². The second-order valence-electron chi connectivity index (χ2n) is 5.25. The Balaban J connectivity index is 1.89. The van der Waals surface area contributed by atoms with Gasteiger partial charge < -0.3 is 14.6 Å². The SMILES string of the molecule is Cc1cnc(C(C)NC2CCN(C)C(C)C2)o1. The number of nitrogens with one attached hydrogen (secondary N) is 1. The first kappa shape index (κ1) is 12.6. The standard InChI is InChI=1S/C13H23N3O/c1-9-7-12(5-6-16(9)4)15-11(3)13-14-8-10(2)17-13/h8-9,11-12,15H,5-7H2,1-4H3. The molecule has 1 aromatic heterocycles. The van der Waals surface area contributed by atoms with Gasteiger partial charge in [-0.15, -0.1) is 0 Å². The molecule has 2 heterocycles. The zero-order valence-corrected chi connectivity index (χ0v) is 11.2. The number of hydrogen-bond acceptors (Lipinski definition) is 4. The quantitative estimate of drug-likeness (QED) is 0.874. The second-order valence-corrected chi connectivity index (χ2v) is 5.25. The van der Waals surface area contributed by atoms with Gasteiger partial charge in [-0.2, -0.15) is 0 Å². The highest BCUT2D eigenvalue weighted by atomic mass is 16.4. The molecule has 1 aliphatic rings. The molecule has 0 saturated carbocycles. The molecule has 0 aliphatic carbocycles. The van der Waals surface area contributed by atoms with Crippen LogP contribution in [0.4, 0.5) is 0 Å². The summed E-state index contributed by atoms with van der Waals surface area (Å²) < 4.78 is 5.55. The third-order valence-corrected chi connectivity index (χ3v) is 3.70. The first-order valence-electron chi connectivity index (χ1n) is 6.45. The van der Waals surface area contributed by atoms with E-state index >= 15 is 0 Å². The van der Waals surface area contributed by atoms with Crippen molar-refractivity contribution in [3.05, 3.63) is 17.8 Å². The minimum absolute atomic E-state index is 0.198. The number of likely N-dealkylation sites (tertiary alicyclic amines) is 1. The molecule has 1 N–H and O–H groups in total. The molecule has 1 saturated heterocycles. The summed E-state index contributed by atoms with van der Waals surface area (Å²) >= 11 is 0. The van der Waals surface area contributed by atoms with Gasteiger partial charge in [0.05, 0.1) is 12.2 Å². The largest absolute Gasteiger partial charge is 0.444 e. The molecular weight excluding hydrogens is 214 g/mol. The molecule has 1 fully saturated rings. The van der Waals surface area contributed by atoms with Crippen LogP contribution in [0, 0.1) is 6.92 Å². The lowest BCUT2D eigenvalue weighted by molar-refractivity contribution is 0.160. The summed E-state index contributed by atoms with van der Waals surface area (Å²) in [4.78, 5) is 6.69. The van der Waals surface area contributed by atoms with Crippen LogP contribution < -0.4 is 5.32 Å². The van der Waals surface area contributed by atoms with E-state index in [9.17, 15) is 0 Å². The number of aryl methyl sites for hydroxylation is 1. The van der Waals surface area contributed by atoms with Crippen LogP contribution in [0.5, 0.6) is 0 Å². The average Bonchev–Trinajstić information content (AvgIpc) is 2.70. The molecule has 0 amide bonds. The van der Waals surface area contributed by atoms with Crippen molar-refractivity contribution in [2.75, 3.05) is 13.6 Å². The fourth-order valence-corrected chi connectivity index (χ4v) is 2.44. The molecule has 1 aliphatic heterocycles. The summed E-state index contributed by atoms with van der Waals surface area (Å²) in [7, 11) is 2.20. The molecule has 4 nitrogen and oxygen atoms in total. The second kappa shape index (κ2) is 5.19. The van der Waals surface area contributed by atoms with Crippen LogP contribution in [-0.4, -0.2) is 35.6 Å². The monoisotopic (exact) mass is 237 g/mol. The van der Waals surface area contributed by atoms with Gasteiger partial charge in [0, 0.05) is 12.1 Å². The van der Waals surface area contributed by atoms with Crippen LogP contribution in [0.3, 0.4) is 0 Å². The Hall–Kier alpha value is -0.870. The number of aromatic nitrogens is 1. The lowest BCUT2D eigenvalue weighted by atomic mass is 9.98. The Morgan fingerprint density at radius 2 is 2.35 bits per heavy atom. The minimum Gasteiger partial charge on any atom is -0.444 e. The van der Waals surface area contributed by atoms with E-state index in [-0.39, 0.29) is 6.04 Å². The van der Waals surface area contributed by atoms with E-state index in [2.05, 4.69) is 36.1 Å². The summed E-state index contributed by atoms with van der Waals surface area (Å²) in [5.74, 6) is 1.68. The van der Waals surface area contributed by atoms with E-state index in [4.69, 9.17) is 4.42 Å². The van der Waals surface area contributed by atoms with Crippen molar-refractivity contribution < 1.29 is 4.42 Å². The summed E-state index contributed by atoms with van der Waals surface area (Å²) in [5, 5.41) is 3.62. The van der Waals surface area contributed by atoms with Crippen LogP contribution in [0.2, 0.25) is 0 Å². The van der Waals surface area contributed by atoms with Gasteiger partial charge in [0.15, 0.2) is 0 Å². The van der Waals surface area contributed by atoms with Crippen LogP contribution in [-0.2, 0) is 0 Å². The number of hydrogen-bond donors (Lipinski definition) is 1. The topological polar surface area (TPSA) is 41.3 Å². The van der Waals surface area contributed by atoms with E-state index < -0.39 is 0 Å². The van der Waals surface area contributed by atoms with Crippen molar-refractivity contribution in [3.63, 3.8) is 0 Å². The molecular formula is C13H23N3O. The Morgan fingerprint density at radius 1 is 1.59 bits per heavy atom.